The number of nitriles is 1. The molecular weight excluding hydrogens is 266 g/mol. The molecule has 0 amide bonds. The molecule has 1 aromatic heterocycles. The minimum absolute atomic E-state index is 0.0903. The minimum Gasteiger partial charge on any atom is -0.292 e. The Kier molecular flexibility index (Phi) is 4.29. The summed E-state index contributed by atoms with van der Waals surface area (Å²) in [5, 5.41) is 13.1. The number of rotatable bonds is 4. The largest absolute Gasteiger partial charge is 0.292 e. The van der Waals surface area contributed by atoms with E-state index in [0.717, 1.165) is 0 Å². The summed E-state index contributed by atoms with van der Waals surface area (Å²) in [6.07, 6.45) is 0.0903. The van der Waals surface area contributed by atoms with Gasteiger partial charge < -0.3 is 0 Å². The zero-order valence-electron chi connectivity index (χ0n) is 11.9. The average Bonchev–Trinajstić information content (AvgIpc) is 2.47. The number of carbonyl (C=O) groups excluding carboxylic acids is 1. The minimum atomic E-state index is -0.237. The van der Waals surface area contributed by atoms with Crippen LogP contribution < -0.4 is 5.56 Å². The Morgan fingerprint density at radius 2 is 2.00 bits per heavy atom. The van der Waals surface area contributed by atoms with Crippen molar-refractivity contribution >= 4 is 5.78 Å². The van der Waals surface area contributed by atoms with Gasteiger partial charge in [-0.25, -0.2) is 4.68 Å². The van der Waals surface area contributed by atoms with Crippen LogP contribution in [0.5, 0.6) is 0 Å². The highest BCUT2D eigenvalue weighted by Gasteiger charge is 2.13. The zero-order chi connectivity index (χ0) is 15.4. The molecule has 106 valence electrons. The van der Waals surface area contributed by atoms with E-state index in [9.17, 15) is 9.59 Å². The Bertz CT molecular complexity index is 770. The van der Waals surface area contributed by atoms with Crippen LogP contribution in [0.15, 0.2) is 41.2 Å². The Hall–Kier alpha value is -2.74. The van der Waals surface area contributed by atoms with Crippen LogP contribution in [0.2, 0.25) is 0 Å². The maximum atomic E-state index is 12.3. The van der Waals surface area contributed by atoms with Crippen molar-refractivity contribution in [2.24, 2.45) is 0 Å². The molecule has 0 aliphatic carbocycles. The molecule has 0 saturated heterocycles. The Labute approximate surface area is 122 Å². The molecule has 0 aliphatic heterocycles. The standard InChI is InChI=1S/C16H15N3O2/c1-11(2)19-16(21)8-7-14(18-19)15(20)9-12-5-3-4-6-13(12)10-17/h3-8,11H,9H2,1-2H3. The van der Waals surface area contributed by atoms with Gasteiger partial charge in [0.2, 0.25) is 0 Å². The van der Waals surface area contributed by atoms with Gasteiger partial charge in [0.1, 0.15) is 5.69 Å². The first-order chi connectivity index (χ1) is 10.0. The molecule has 5 heteroatoms. The fourth-order valence-electron chi connectivity index (χ4n) is 1.99. The van der Waals surface area contributed by atoms with Gasteiger partial charge in [0.05, 0.1) is 17.7 Å². The molecular formula is C16H15N3O2. The second-order valence-electron chi connectivity index (χ2n) is 4.96. The summed E-state index contributed by atoms with van der Waals surface area (Å²) in [7, 11) is 0. The fourth-order valence-corrected chi connectivity index (χ4v) is 1.99. The predicted octanol–water partition coefficient (Wildman–Crippen LogP) is 2.12. The predicted molar refractivity (Wildman–Crippen MR) is 78.1 cm³/mol. The number of Topliss-reactive ketones (excluding diaryl/α,β-unsaturated/α-hetero) is 1. The number of hydrogen-bond donors (Lipinski definition) is 0. The summed E-state index contributed by atoms with van der Waals surface area (Å²) in [4.78, 5) is 23.9. The van der Waals surface area contributed by atoms with Crippen molar-refractivity contribution < 1.29 is 4.79 Å². The SMILES string of the molecule is CC(C)n1nc(C(=O)Cc2ccccc2C#N)ccc1=O. The third-order valence-corrected chi connectivity index (χ3v) is 3.09. The molecule has 0 atom stereocenters. The van der Waals surface area contributed by atoms with Crippen LogP contribution >= 0.6 is 0 Å². The second-order valence-corrected chi connectivity index (χ2v) is 4.96. The molecule has 0 unspecified atom stereocenters. The van der Waals surface area contributed by atoms with E-state index in [-0.39, 0.29) is 29.5 Å². The van der Waals surface area contributed by atoms with Crippen molar-refractivity contribution in [2.45, 2.75) is 26.3 Å². The normalized spacial score (nSPS) is 10.4. The smallest absolute Gasteiger partial charge is 0.267 e. The van der Waals surface area contributed by atoms with Gasteiger partial charge in [0, 0.05) is 12.5 Å². The molecule has 21 heavy (non-hydrogen) atoms. The molecule has 0 spiro atoms. The van der Waals surface area contributed by atoms with Crippen LogP contribution in [0, 0.1) is 11.3 Å². The number of ketones is 1. The number of carbonyl (C=O) groups is 1. The van der Waals surface area contributed by atoms with E-state index in [1.807, 2.05) is 13.8 Å². The first-order valence-corrected chi connectivity index (χ1v) is 6.64. The van der Waals surface area contributed by atoms with Crippen molar-refractivity contribution in [3.63, 3.8) is 0 Å². The second kappa shape index (κ2) is 6.14. The number of benzene rings is 1. The highest BCUT2D eigenvalue weighted by molar-refractivity contribution is 5.95. The van der Waals surface area contributed by atoms with Crippen LogP contribution in [-0.4, -0.2) is 15.6 Å². The summed E-state index contributed by atoms with van der Waals surface area (Å²) >= 11 is 0. The van der Waals surface area contributed by atoms with Crippen molar-refractivity contribution in [3.8, 4) is 6.07 Å². The molecule has 0 aliphatic rings. The summed E-state index contributed by atoms with van der Waals surface area (Å²) in [6, 6.07) is 11.7. The molecule has 0 bridgehead atoms. The first-order valence-electron chi connectivity index (χ1n) is 6.64. The van der Waals surface area contributed by atoms with Crippen LogP contribution in [0.3, 0.4) is 0 Å². The summed E-state index contributed by atoms with van der Waals surface area (Å²) in [6.45, 7) is 3.65. The molecule has 1 heterocycles. The lowest BCUT2D eigenvalue weighted by molar-refractivity contribution is 0.0985. The van der Waals surface area contributed by atoms with Crippen molar-refractivity contribution in [1.82, 2.24) is 9.78 Å². The van der Waals surface area contributed by atoms with Gasteiger partial charge >= 0.3 is 0 Å². The third kappa shape index (κ3) is 3.23. The quantitative estimate of drug-likeness (QED) is 0.804. The van der Waals surface area contributed by atoms with Crippen molar-refractivity contribution in [1.29, 1.82) is 5.26 Å². The molecule has 0 saturated carbocycles. The highest BCUT2D eigenvalue weighted by atomic mass is 16.1. The van der Waals surface area contributed by atoms with Crippen molar-refractivity contribution in [3.05, 3.63) is 63.6 Å². The highest BCUT2D eigenvalue weighted by Crippen LogP contribution is 2.11. The van der Waals surface area contributed by atoms with Gasteiger partial charge in [-0.2, -0.15) is 10.4 Å². The van der Waals surface area contributed by atoms with Gasteiger partial charge in [-0.1, -0.05) is 18.2 Å². The number of aromatic nitrogens is 2. The molecule has 0 fully saturated rings. The van der Waals surface area contributed by atoms with Gasteiger partial charge in [0.15, 0.2) is 5.78 Å². The summed E-state index contributed by atoms with van der Waals surface area (Å²) in [5.41, 5.74) is 1.13. The summed E-state index contributed by atoms with van der Waals surface area (Å²) < 4.78 is 1.28. The molecule has 5 nitrogen and oxygen atoms in total. The topological polar surface area (TPSA) is 75.8 Å². The van der Waals surface area contributed by atoms with E-state index in [1.165, 1.54) is 16.8 Å². The van der Waals surface area contributed by atoms with E-state index in [2.05, 4.69) is 11.2 Å². The number of hydrogen-bond acceptors (Lipinski definition) is 4. The lowest BCUT2D eigenvalue weighted by atomic mass is 10.0. The molecule has 2 aromatic rings. The maximum Gasteiger partial charge on any atom is 0.267 e. The monoisotopic (exact) mass is 281 g/mol. The van der Waals surface area contributed by atoms with Crippen LogP contribution in [0.25, 0.3) is 0 Å². The van der Waals surface area contributed by atoms with E-state index in [1.54, 1.807) is 24.3 Å². The summed E-state index contributed by atoms with van der Waals surface area (Å²) in [5.74, 6) is -0.216. The zero-order valence-corrected chi connectivity index (χ0v) is 11.9. The fraction of sp³-hybridized carbons (Fsp3) is 0.250. The lowest BCUT2D eigenvalue weighted by Crippen LogP contribution is -2.26. The Balaban J connectivity index is 2.31. The molecule has 1 aromatic carbocycles. The number of nitrogens with zero attached hydrogens (tertiary/aromatic N) is 3. The molecule has 0 radical (unpaired) electrons. The van der Waals surface area contributed by atoms with Crippen LogP contribution in [0.4, 0.5) is 0 Å². The average molecular weight is 281 g/mol. The van der Waals surface area contributed by atoms with E-state index >= 15 is 0 Å². The Morgan fingerprint density at radius 1 is 1.29 bits per heavy atom. The van der Waals surface area contributed by atoms with Crippen LogP contribution in [0.1, 0.15) is 41.5 Å². The Morgan fingerprint density at radius 3 is 2.67 bits per heavy atom. The van der Waals surface area contributed by atoms with Gasteiger partial charge in [0.25, 0.3) is 5.56 Å². The van der Waals surface area contributed by atoms with Gasteiger partial charge in [-0.15, -0.1) is 0 Å². The third-order valence-electron chi connectivity index (χ3n) is 3.09. The maximum absolute atomic E-state index is 12.3. The van der Waals surface area contributed by atoms with Crippen molar-refractivity contribution in [2.75, 3.05) is 0 Å². The van der Waals surface area contributed by atoms with Crippen LogP contribution in [-0.2, 0) is 6.42 Å². The van der Waals surface area contributed by atoms with Gasteiger partial charge in [-0.3, -0.25) is 9.59 Å². The van der Waals surface area contributed by atoms with E-state index in [4.69, 9.17) is 5.26 Å². The first kappa shape index (κ1) is 14.7. The van der Waals surface area contributed by atoms with E-state index in [0.29, 0.717) is 11.1 Å². The lowest BCUT2D eigenvalue weighted by Gasteiger charge is -2.09. The molecule has 2 rings (SSSR count). The molecule has 0 N–H and O–H groups in total. The van der Waals surface area contributed by atoms with Gasteiger partial charge in [-0.05, 0) is 31.5 Å². The van der Waals surface area contributed by atoms with E-state index < -0.39 is 0 Å².